The number of rotatable bonds is 3. The van der Waals surface area contributed by atoms with Crippen molar-refractivity contribution in [3.63, 3.8) is 0 Å². The molecule has 0 unspecified atom stereocenters. The zero-order valence-corrected chi connectivity index (χ0v) is 13.8. The van der Waals surface area contributed by atoms with Crippen LogP contribution in [0.2, 0.25) is 0 Å². The predicted octanol–water partition coefficient (Wildman–Crippen LogP) is 2.61. The van der Waals surface area contributed by atoms with Crippen LogP contribution < -0.4 is 0 Å². The number of sulfone groups is 1. The first-order valence-corrected chi connectivity index (χ1v) is 8.80. The highest BCUT2D eigenvalue weighted by Crippen LogP contribution is 2.13. The van der Waals surface area contributed by atoms with E-state index < -0.39 is 15.7 Å². The number of halogens is 1. The van der Waals surface area contributed by atoms with Crippen LogP contribution in [0.15, 0.2) is 58.4 Å². The van der Waals surface area contributed by atoms with E-state index in [-0.39, 0.29) is 10.2 Å². The molecule has 3 rings (SSSR count). The molecule has 2 aromatic carbocycles. The molecule has 0 spiro atoms. The molecule has 0 radical (unpaired) electrons. The van der Waals surface area contributed by atoms with E-state index in [1.165, 1.54) is 0 Å². The lowest BCUT2D eigenvalue weighted by atomic mass is 10.2. The summed E-state index contributed by atoms with van der Waals surface area (Å²) in [5, 5.41) is 8.19. The fourth-order valence-electron chi connectivity index (χ4n) is 1.96. The number of hydrogen-bond donors (Lipinski definition) is 0. The Bertz CT molecular complexity index is 945. The summed E-state index contributed by atoms with van der Waals surface area (Å²) in [4.78, 5) is 5.22. The summed E-state index contributed by atoms with van der Waals surface area (Å²) >= 11 is 6.02. The van der Waals surface area contributed by atoms with Crippen LogP contribution in [0.4, 0.5) is 0 Å². The molecule has 118 valence electrons. The van der Waals surface area contributed by atoms with Crippen LogP contribution >= 0.6 is 11.6 Å². The van der Waals surface area contributed by atoms with Crippen molar-refractivity contribution in [1.82, 2.24) is 15.0 Å². The molecule has 0 atom stereocenters. The second-order valence-corrected chi connectivity index (χ2v) is 7.26. The van der Waals surface area contributed by atoms with Crippen molar-refractivity contribution >= 4 is 37.8 Å². The summed E-state index contributed by atoms with van der Waals surface area (Å²) < 4.78 is 24.5. The van der Waals surface area contributed by atoms with Gasteiger partial charge in [0.2, 0.25) is 5.29 Å². The van der Waals surface area contributed by atoms with Gasteiger partial charge in [0.1, 0.15) is 16.9 Å². The fraction of sp³-hybridized carbons (Fsp3) is 0.133. The Labute approximate surface area is 138 Å². The topological polar surface area (TPSA) is 77.2 Å². The molecule has 0 aliphatic carbocycles. The van der Waals surface area contributed by atoms with E-state index in [1.807, 2.05) is 19.1 Å². The minimum absolute atomic E-state index is 0.100. The summed E-state index contributed by atoms with van der Waals surface area (Å²) in [6, 6.07) is 13.8. The fourth-order valence-corrected chi connectivity index (χ4v) is 3.16. The van der Waals surface area contributed by atoms with Gasteiger partial charge in [-0.05, 0) is 42.8 Å². The minimum atomic E-state index is -3.55. The normalized spacial score (nSPS) is 12.7. The molecular formula is C15H13ClN4O2S. The largest absolute Gasteiger partial charge is 0.239 e. The van der Waals surface area contributed by atoms with E-state index >= 15 is 0 Å². The highest BCUT2D eigenvalue weighted by Gasteiger charge is 2.14. The van der Waals surface area contributed by atoms with Crippen molar-refractivity contribution in [2.24, 2.45) is 4.99 Å². The predicted molar refractivity (Wildman–Crippen MR) is 89.4 cm³/mol. The number of aliphatic imine (C=N–C) groups is 1. The standard InChI is InChI=1S/C15H13ClN4O2S/c1-11-6-8-12(9-7-11)23(21,22)10-17-15(16)20-18-13-4-2-3-5-14(13)19-20/h2-9H,10H2,1H3/b17-15+. The minimum Gasteiger partial charge on any atom is -0.238 e. The first kappa shape index (κ1) is 15.6. The lowest BCUT2D eigenvalue weighted by Gasteiger charge is -2.02. The van der Waals surface area contributed by atoms with E-state index in [9.17, 15) is 8.42 Å². The SMILES string of the molecule is Cc1ccc(S(=O)(=O)C/N=C(\Cl)n2nc3ccccc3n2)cc1. The summed E-state index contributed by atoms with van der Waals surface area (Å²) in [5.41, 5.74) is 2.29. The van der Waals surface area contributed by atoms with Gasteiger partial charge in [-0.3, -0.25) is 0 Å². The molecule has 0 saturated heterocycles. The molecule has 0 N–H and O–H groups in total. The van der Waals surface area contributed by atoms with Gasteiger partial charge in [0.05, 0.1) is 4.90 Å². The summed E-state index contributed by atoms with van der Waals surface area (Å²) in [5.74, 6) is -0.465. The number of benzene rings is 2. The molecule has 23 heavy (non-hydrogen) atoms. The second-order valence-electron chi connectivity index (χ2n) is 4.96. The van der Waals surface area contributed by atoms with E-state index in [1.54, 1.807) is 36.4 Å². The van der Waals surface area contributed by atoms with Gasteiger partial charge in [0.25, 0.3) is 0 Å². The molecule has 3 aromatic rings. The first-order chi connectivity index (χ1) is 11.0. The molecule has 0 fully saturated rings. The molecule has 1 heterocycles. The van der Waals surface area contributed by atoms with Gasteiger partial charge in [-0.15, -0.1) is 15.0 Å². The Morgan fingerprint density at radius 1 is 1.09 bits per heavy atom. The number of aryl methyl sites for hydroxylation is 1. The maximum atomic E-state index is 12.2. The van der Waals surface area contributed by atoms with Crippen molar-refractivity contribution < 1.29 is 8.42 Å². The van der Waals surface area contributed by atoms with Crippen LogP contribution in [-0.4, -0.2) is 34.6 Å². The molecule has 8 heteroatoms. The average molecular weight is 349 g/mol. The lowest BCUT2D eigenvalue weighted by Crippen LogP contribution is -2.12. The quantitative estimate of drug-likeness (QED) is 0.538. The van der Waals surface area contributed by atoms with Crippen LogP contribution in [0.3, 0.4) is 0 Å². The lowest BCUT2D eigenvalue weighted by molar-refractivity contribution is 0.596. The summed E-state index contributed by atoms with van der Waals surface area (Å²) in [7, 11) is -3.55. The van der Waals surface area contributed by atoms with Crippen molar-refractivity contribution in [2.75, 3.05) is 5.88 Å². The second kappa shape index (κ2) is 6.10. The Kier molecular flexibility index (Phi) is 4.14. The van der Waals surface area contributed by atoms with Crippen LogP contribution in [0.25, 0.3) is 11.0 Å². The highest BCUT2D eigenvalue weighted by atomic mass is 35.5. The van der Waals surface area contributed by atoms with E-state index in [0.29, 0.717) is 11.0 Å². The molecule has 0 aliphatic rings. The number of fused-ring (bicyclic) bond motifs is 1. The maximum Gasteiger partial charge on any atom is 0.239 e. The number of aromatic nitrogens is 3. The number of nitrogens with zero attached hydrogens (tertiary/aromatic N) is 4. The van der Waals surface area contributed by atoms with Crippen LogP contribution in [0.1, 0.15) is 5.56 Å². The van der Waals surface area contributed by atoms with Gasteiger partial charge in [0.15, 0.2) is 9.84 Å². The molecule has 0 bridgehead atoms. The third kappa shape index (κ3) is 3.40. The Balaban J connectivity index is 1.84. The van der Waals surface area contributed by atoms with Gasteiger partial charge in [0, 0.05) is 0 Å². The van der Waals surface area contributed by atoms with Crippen molar-refractivity contribution in [3.8, 4) is 0 Å². The van der Waals surface area contributed by atoms with Crippen LogP contribution in [0.5, 0.6) is 0 Å². The average Bonchev–Trinajstić information content (AvgIpc) is 2.97. The van der Waals surface area contributed by atoms with Gasteiger partial charge < -0.3 is 0 Å². The van der Waals surface area contributed by atoms with Crippen molar-refractivity contribution in [3.05, 3.63) is 54.1 Å². The molecular weight excluding hydrogens is 336 g/mol. The Hall–Kier alpha value is -2.25. The Morgan fingerprint density at radius 3 is 2.22 bits per heavy atom. The summed E-state index contributed by atoms with van der Waals surface area (Å²) in [6.07, 6.45) is 0. The zero-order chi connectivity index (χ0) is 16.4. The van der Waals surface area contributed by atoms with Gasteiger partial charge >= 0.3 is 0 Å². The highest BCUT2D eigenvalue weighted by molar-refractivity contribution is 7.91. The molecule has 0 amide bonds. The monoisotopic (exact) mass is 348 g/mol. The smallest absolute Gasteiger partial charge is 0.238 e. The molecule has 0 saturated carbocycles. The maximum absolute atomic E-state index is 12.2. The van der Waals surface area contributed by atoms with E-state index in [0.717, 1.165) is 10.4 Å². The third-order valence-corrected chi connectivity index (χ3v) is 4.93. The molecule has 0 aliphatic heterocycles. The number of hydrogen-bond acceptors (Lipinski definition) is 5. The van der Waals surface area contributed by atoms with Gasteiger partial charge in [-0.1, -0.05) is 29.8 Å². The first-order valence-electron chi connectivity index (χ1n) is 6.77. The molecule has 6 nitrogen and oxygen atoms in total. The van der Waals surface area contributed by atoms with Gasteiger partial charge in [-0.2, -0.15) is 0 Å². The van der Waals surface area contributed by atoms with E-state index in [4.69, 9.17) is 11.6 Å². The third-order valence-electron chi connectivity index (χ3n) is 3.20. The Morgan fingerprint density at radius 2 is 1.65 bits per heavy atom. The zero-order valence-electron chi connectivity index (χ0n) is 12.2. The summed E-state index contributed by atoms with van der Waals surface area (Å²) in [6.45, 7) is 1.89. The van der Waals surface area contributed by atoms with Crippen molar-refractivity contribution in [2.45, 2.75) is 11.8 Å². The van der Waals surface area contributed by atoms with Crippen molar-refractivity contribution in [1.29, 1.82) is 0 Å². The molecule has 1 aromatic heterocycles. The van der Waals surface area contributed by atoms with Gasteiger partial charge in [-0.25, -0.2) is 13.4 Å². The van der Waals surface area contributed by atoms with E-state index in [2.05, 4.69) is 15.2 Å². The van der Waals surface area contributed by atoms with Crippen LogP contribution in [0, 0.1) is 6.92 Å². The van der Waals surface area contributed by atoms with Crippen LogP contribution in [-0.2, 0) is 9.84 Å².